The van der Waals surface area contributed by atoms with Crippen molar-refractivity contribution in [2.75, 3.05) is 0 Å². The van der Waals surface area contributed by atoms with E-state index in [4.69, 9.17) is 6.42 Å². The molecule has 0 aliphatic heterocycles. The third-order valence-electron chi connectivity index (χ3n) is 4.27. The van der Waals surface area contributed by atoms with Gasteiger partial charge in [0.1, 0.15) is 0 Å². The molecule has 3 rings (SSSR count). The van der Waals surface area contributed by atoms with E-state index in [2.05, 4.69) is 10.9 Å². The van der Waals surface area contributed by atoms with Crippen molar-refractivity contribution in [3.8, 4) is 12.3 Å². The first-order valence-electron chi connectivity index (χ1n) is 8.24. The molecule has 0 aliphatic carbocycles. The topological polar surface area (TPSA) is 77.5 Å². The molecular formula is C20H17N3O3S. The number of nitrogens with zero attached hydrogens (tertiary/aromatic N) is 3. The quantitative estimate of drug-likeness (QED) is 0.395. The fraction of sp³-hybridized carbons (Fsp3) is 0.200. The lowest BCUT2D eigenvalue weighted by Gasteiger charge is -2.03. The van der Waals surface area contributed by atoms with Crippen LogP contribution in [-0.2, 0) is 17.8 Å². The van der Waals surface area contributed by atoms with Crippen LogP contribution in [0.4, 0.5) is 5.69 Å². The lowest BCUT2D eigenvalue weighted by Crippen LogP contribution is -2.17. The Hall–Kier alpha value is -3.24. The third-order valence-corrected chi connectivity index (χ3v) is 5.31. The Labute approximate surface area is 160 Å². The number of hydrogen-bond acceptors (Lipinski definition) is 4. The number of rotatable bonds is 4. The molecular weight excluding hydrogens is 362 g/mol. The van der Waals surface area contributed by atoms with Crippen LogP contribution in [0.1, 0.15) is 16.7 Å². The molecule has 0 spiro atoms. The minimum atomic E-state index is -0.452. The minimum Gasteiger partial charge on any atom is -0.305 e. The molecule has 0 bridgehead atoms. The lowest BCUT2D eigenvalue weighted by atomic mass is 10.0. The molecule has 0 unspecified atom stereocenters. The average Bonchev–Trinajstić information content (AvgIpc) is 2.95. The number of carbonyl (C=O) groups is 1. The summed E-state index contributed by atoms with van der Waals surface area (Å²) in [6.07, 6.45) is 5.63. The number of aromatic nitrogens is 1. The van der Waals surface area contributed by atoms with Crippen molar-refractivity contribution < 1.29 is 9.72 Å². The molecule has 0 saturated carbocycles. The van der Waals surface area contributed by atoms with Gasteiger partial charge in [-0.2, -0.15) is 4.99 Å². The number of hydrogen-bond donors (Lipinski definition) is 0. The van der Waals surface area contributed by atoms with Crippen LogP contribution >= 0.6 is 11.3 Å². The van der Waals surface area contributed by atoms with E-state index in [9.17, 15) is 14.9 Å². The SMILES string of the molecule is C#CCn1c(=NC(=O)Cc2ccc(C)c(C)c2)sc2cc([N+](=O)[O-])ccc21. The van der Waals surface area contributed by atoms with Crippen LogP contribution < -0.4 is 4.80 Å². The Morgan fingerprint density at radius 1 is 1.26 bits per heavy atom. The maximum Gasteiger partial charge on any atom is 0.270 e. The number of nitro groups is 1. The van der Waals surface area contributed by atoms with Gasteiger partial charge in [-0.25, -0.2) is 0 Å². The first-order chi connectivity index (χ1) is 12.9. The highest BCUT2D eigenvalue weighted by Gasteiger charge is 2.12. The predicted molar refractivity (Wildman–Crippen MR) is 105 cm³/mol. The molecule has 1 heterocycles. The largest absolute Gasteiger partial charge is 0.305 e. The van der Waals surface area contributed by atoms with Gasteiger partial charge in [-0.15, -0.1) is 6.42 Å². The number of benzene rings is 2. The number of thiazole rings is 1. The molecule has 0 saturated heterocycles. The fourth-order valence-electron chi connectivity index (χ4n) is 2.74. The van der Waals surface area contributed by atoms with E-state index in [0.717, 1.165) is 16.6 Å². The molecule has 6 nitrogen and oxygen atoms in total. The number of non-ortho nitro benzene ring substituents is 1. The summed E-state index contributed by atoms with van der Waals surface area (Å²) in [5.74, 6) is 2.25. The second-order valence-corrected chi connectivity index (χ2v) is 7.19. The monoisotopic (exact) mass is 379 g/mol. The van der Waals surface area contributed by atoms with Gasteiger partial charge < -0.3 is 4.57 Å². The van der Waals surface area contributed by atoms with Gasteiger partial charge in [-0.1, -0.05) is 35.5 Å². The van der Waals surface area contributed by atoms with Crippen LogP contribution in [-0.4, -0.2) is 15.4 Å². The molecule has 0 fully saturated rings. The van der Waals surface area contributed by atoms with Crippen molar-refractivity contribution in [1.29, 1.82) is 0 Å². The first kappa shape index (κ1) is 18.5. The second-order valence-electron chi connectivity index (χ2n) is 6.18. The molecule has 0 atom stereocenters. The second kappa shape index (κ2) is 7.56. The van der Waals surface area contributed by atoms with Crippen LogP contribution in [0.5, 0.6) is 0 Å². The summed E-state index contributed by atoms with van der Waals surface area (Å²) in [5, 5.41) is 11.0. The maximum atomic E-state index is 12.5. The van der Waals surface area contributed by atoms with Crippen LogP contribution in [0.2, 0.25) is 0 Å². The molecule has 1 amide bonds. The van der Waals surface area contributed by atoms with Gasteiger partial charge in [0.05, 0.1) is 28.1 Å². The van der Waals surface area contributed by atoms with Crippen molar-refractivity contribution in [3.63, 3.8) is 0 Å². The van der Waals surface area contributed by atoms with Crippen LogP contribution in [0.15, 0.2) is 41.4 Å². The summed E-state index contributed by atoms with van der Waals surface area (Å²) in [6, 6.07) is 10.4. The zero-order valence-corrected chi connectivity index (χ0v) is 15.7. The van der Waals surface area contributed by atoms with Gasteiger partial charge in [-0.3, -0.25) is 14.9 Å². The summed E-state index contributed by atoms with van der Waals surface area (Å²) in [5.41, 5.74) is 3.90. The standard InChI is InChI=1S/C20H17N3O3S/c1-4-9-22-17-8-7-16(23(25)26)12-18(17)27-20(22)21-19(24)11-15-6-5-13(2)14(3)10-15/h1,5-8,10,12H,9,11H2,2-3H3. The number of carbonyl (C=O) groups excluding carboxylic acids is 1. The van der Waals surface area contributed by atoms with E-state index < -0.39 is 4.92 Å². The Morgan fingerprint density at radius 3 is 2.70 bits per heavy atom. The van der Waals surface area contributed by atoms with Crippen molar-refractivity contribution >= 4 is 33.1 Å². The van der Waals surface area contributed by atoms with Crippen LogP contribution in [0.25, 0.3) is 10.2 Å². The molecule has 1 aromatic heterocycles. The molecule has 27 heavy (non-hydrogen) atoms. The van der Waals surface area contributed by atoms with E-state index >= 15 is 0 Å². The van der Waals surface area contributed by atoms with Gasteiger partial charge in [0.15, 0.2) is 4.80 Å². The highest BCUT2D eigenvalue weighted by atomic mass is 32.1. The summed E-state index contributed by atoms with van der Waals surface area (Å²) in [6.45, 7) is 4.25. The number of fused-ring (bicyclic) bond motifs is 1. The molecule has 0 radical (unpaired) electrons. The minimum absolute atomic E-state index is 0.00962. The number of aryl methyl sites for hydroxylation is 2. The first-order valence-corrected chi connectivity index (χ1v) is 9.05. The zero-order chi connectivity index (χ0) is 19.6. The van der Waals surface area contributed by atoms with Gasteiger partial charge in [0.25, 0.3) is 11.6 Å². The summed E-state index contributed by atoms with van der Waals surface area (Å²) < 4.78 is 2.39. The Morgan fingerprint density at radius 2 is 2.04 bits per heavy atom. The smallest absolute Gasteiger partial charge is 0.270 e. The predicted octanol–water partition coefficient (Wildman–Crippen LogP) is 3.53. The Bertz CT molecular complexity index is 1170. The molecule has 2 aromatic carbocycles. The molecule has 0 N–H and O–H groups in total. The number of terminal acetylenes is 1. The van der Waals surface area contributed by atoms with Crippen molar-refractivity contribution in [2.45, 2.75) is 26.8 Å². The molecule has 136 valence electrons. The normalized spacial score (nSPS) is 11.5. The van der Waals surface area contributed by atoms with Crippen LogP contribution in [0.3, 0.4) is 0 Å². The fourth-order valence-corrected chi connectivity index (χ4v) is 3.82. The van der Waals surface area contributed by atoms with Crippen molar-refractivity contribution in [3.05, 3.63) is 68.0 Å². The third kappa shape index (κ3) is 3.96. The zero-order valence-electron chi connectivity index (χ0n) is 14.9. The molecule has 0 aliphatic rings. The van der Waals surface area contributed by atoms with E-state index in [1.165, 1.54) is 29.0 Å². The van der Waals surface area contributed by atoms with Gasteiger partial charge in [0.2, 0.25) is 0 Å². The van der Waals surface area contributed by atoms with E-state index in [1.54, 1.807) is 10.6 Å². The summed E-state index contributed by atoms with van der Waals surface area (Å²) >= 11 is 1.22. The average molecular weight is 379 g/mol. The van der Waals surface area contributed by atoms with Gasteiger partial charge in [-0.05, 0) is 36.6 Å². The van der Waals surface area contributed by atoms with E-state index in [1.807, 2.05) is 32.0 Å². The summed E-state index contributed by atoms with van der Waals surface area (Å²) in [4.78, 5) is 27.6. The highest BCUT2D eigenvalue weighted by Crippen LogP contribution is 2.23. The van der Waals surface area contributed by atoms with E-state index in [-0.39, 0.29) is 24.6 Å². The lowest BCUT2D eigenvalue weighted by molar-refractivity contribution is -0.384. The molecule has 3 aromatic rings. The van der Waals surface area contributed by atoms with Crippen molar-refractivity contribution in [1.82, 2.24) is 4.57 Å². The van der Waals surface area contributed by atoms with Gasteiger partial charge >= 0.3 is 0 Å². The Kier molecular flexibility index (Phi) is 5.19. The maximum absolute atomic E-state index is 12.5. The molecule has 7 heteroatoms. The highest BCUT2D eigenvalue weighted by molar-refractivity contribution is 7.16. The van der Waals surface area contributed by atoms with Crippen LogP contribution in [0, 0.1) is 36.3 Å². The summed E-state index contributed by atoms with van der Waals surface area (Å²) in [7, 11) is 0. The van der Waals surface area contributed by atoms with E-state index in [0.29, 0.717) is 9.50 Å². The number of nitro benzene ring substituents is 1. The van der Waals surface area contributed by atoms with Crippen molar-refractivity contribution in [2.24, 2.45) is 4.99 Å². The Balaban J connectivity index is 2.01. The van der Waals surface area contributed by atoms with Gasteiger partial charge in [0, 0.05) is 12.1 Å². The number of amides is 1.